The predicted octanol–water partition coefficient (Wildman–Crippen LogP) is 7.47. The first-order chi connectivity index (χ1) is 16.0. The number of aromatic nitrogens is 1. The Morgan fingerprint density at radius 1 is 1.00 bits per heavy atom. The maximum absolute atomic E-state index is 10.1. The van der Waals surface area contributed by atoms with E-state index < -0.39 is 0 Å². The van der Waals surface area contributed by atoms with E-state index in [9.17, 15) is 5.26 Å². The quantitative estimate of drug-likeness (QED) is 0.268. The highest BCUT2D eigenvalue weighted by molar-refractivity contribution is 7.98. The molecule has 0 radical (unpaired) electrons. The predicted molar refractivity (Wildman–Crippen MR) is 135 cm³/mol. The summed E-state index contributed by atoms with van der Waals surface area (Å²) in [5.41, 5.74) is 3.43. The molecule has 33 heavy (non-hydrogen) atoms. The van der Waals surface area contributed by atoms with E-state index in [2.05, 4.69) is 11.4 Å². The van der Waals surface area contributed by atoms with Gasteiger partial charge in [-0.05, 0) is 29.8 Å². The van der Waals surface area contributed by atoms with Gasteiger partial charge in [-0.25, -0.2) is 4.98 Å². The molecule has 166 valence electrons. The van der Waals surface area contributed by atoms with Crippen LogP contribution in [0.2, 0.25) is 10.0 Å². The van der Waals surface area contributed by atoms with Crippen molar-refractivity contribution in [3.63, 3.8) is 0 Å². The molecular weight excluding hydrogens is 477 g/mol. The second-order valence-corrected chi connectivity index (χ2v) is 8.81. The Labute approximate surface area is 206 Å². The maximum atomic E-state index is 10.1. The highest BCUT2D eigenvalue weighted by atomic mass is 35.5. The molecule has 0 spiro atoms. The zero-order chi connectivity index (χ0) is 23.4. The van der Waals surface area contributed by atoms with Crippen molar-refractivity contribution >= 4 is 57.2 Å². The molecule has 0 saturated heterocycles. The summed E-state index contributed by atoms with van der Waals surface area (Å²) in [5, 5.41) is 15.6. The Balaban J connectivity index is 1.86. The average molecular weight is 496 g/mol. The molecule has 1 N–H and O–H groups in total. The first kappa shape index (κ1) is 23.1. The molecule has 1 heterocycles. The van der Waals surface area contributed by atoms with Crippen LogP contribution in [-0.2, 0) is 5.75 Å². The van der Waals surface area contributed by atoms with Gasteiger partial charge >= 0.3 is 0 Å². The lowest BCUT2D eigenvalue weighted by molar-refractivity contribution is 0.415. The first-order valence-corrected chi connectivity index (χ1v) is 11.7. The molecule has 8 heteroatoms. The van der Waals surface area contributed by atoms with Crippen LogP contribution in [-0.4, -0.2) is 19.2 Å². The molecule has 0 aliphatic carbocycles. The van der Waals surface area contributed by atoms with Crippen molar-refractivity contribution in [1.29, 1.82) is 5.26 Å². The van der Waals surface area contributed by atoms with Crippen molar-refractivity contribution in [2.45, 2.75) is 10.8 Å². The van der Waals surface area contributed by atoms with Crippen LogP contribution < -0.4 is 14.8 Å². The molecule has 0 unspecified atom stereocenters. The number of anilines is 2. The summed E-state index contributed by atoms with van der Waals surface area (Å²) in [4.78, 5) is 4.78. The van der Waals surface area contributed by atoms with E-state index in [-0.39, 0.29) is 0 Å². The van der Waals surface area contributed by atoms with Crippen molar-refractivity contribution < 1.29 is 9.47 Å². The number of fused-ring (bicyclic) bond motifs is 1. The minimum Gasteiger partial charge on any atom is -0.497 e. The van der Waals surface area contributed by atoms with Gasteiger partial charge in [0.2, 0.25) is 0 Å². The zero-order valence-corrected chi connectivity index (χ0v) is 20.2. The molecule has 3 aromatic carbocycles. The number of nitriles is 1. The molecule has 0 amide bonds. The third kappa shape index (κ3) is 4.96. The van der Waals surface area contributed by atoms with Crippen LogP contribution in [0.3, 0.4) is 0 Å². The van der Waals surface area contributed by atoms with E-state index in [0.29, 0.717) is 49.3 Å². The number of ether oxygens (including phenoxy) is 2. The molecule has 4 aromatic rings. The number of thioether (sulfide) groups is 1. The minimum absolute atomic E-state index is 0.397. The molecule has 0 atom stereocenters. The lowest BCUT2D eigenvalue weighted by atomic mass is 10.1. The Hall–Kier alpha value is -3.11. The Kier molecular flexibility index (Phi) is 7.14. The van der Waals surface area contributed by atoms with Crippen molar-refractivity contribution in [1.82, 2.24) is 4.98 Å². The number of halogens is 2. The number of hydrogen-bond acceptors (Lipinski definition) is 6. The van der Waals surface area contributed by atoms with Gasteiger partial charge in [0.25, 0.3) is 0 Å². The van der Waals surface area contributed by atoms with Crippen molar-refractivity contribution in [2.75, 3.05) is 19.5 Å². The molecule has 0 aliphatic heterocycles. The van der Waals surface area contributed by atoms with Gasteiger partial charge in [-0.2, -0.15) is 5.26 Å². The number of nitrogens with one attached hydrogen (secondary N) is 1. The molecule has 0 aliphatic rings. The van der Waals surface area contributed by atoms with Gasteiger partial charge < -0.3 is 14.8 Å². The fourth-order valence-electron chi connectivity index (χ4n) is 3.33. The fourth-order valence-corrected chi connectivity index (χ4v) is 4.79. The standard InChI is InChI=1S/C25H19Cl2N3O2S/c1-31-16-8-9-21-17(10-16)24(29-22-12-23(32-2)20(27)11-19(22)26)18(13-28)25(30-21)33-14-15-6-4-3-5-7-15/h3-12H,14H2,1-2H3,(H,29,30). The van der Waals surface area contributed by atoms with Crippen LogP contribution >= 0.6 is 35.0 Å². The van der Waals surface area contributed by atoms with Crippen LogP contribution in [0.15, 0.2) is 65.7 Å². The fraction of sp³-hybridized carbons (Fsp3) is 0.120. The van der Waals surface area contributed by atoms with E-state index in [1.54, 1.807) is 19.2 Å². The molecule has 0 bridgehead atoms. The second-order valence-electron chi connectivity index (χ2n) is 7.03. The Morgan fingerprint density at radius 2 is 1.79 bits per heavy atom. The van der Waals surface area contributed by atoms with Crippen LogP contribution in [0.5, 0.6) is 11.5 Å². The highest BCUT2D eigenvalue weighted by Crippen LogP contribution is 2.41. The molecule has 0 fully saturated rings. The Bertz CT molecular complexity index is 1360. The molecule has 0 saturated carbocycles. The van der Waals surface area contributed by atoms with E-state index in [1.165, 1.54) is 18.9 Å². The molecular formula is C25H19Cl2N3O2S. The largest absolute Gasteiger partial charge is 0.497 e. The van der Waals surface area contributed by atoms with E-state index >= 15 is 0 Å². The zero-order valence-electron chi connectivity index (χ0n) is 17.9. The lowest BCUT2D eigenvalue weighted by Crippen LogP contribution is -2.01. The summed E-state index contributed by atoms with van der Waals surface area (Å²) in [7, 11) is 3.13. The summed E-state index contributed by atoms with van der Waals surface area (Å²) in [5.74, 6) is 1.80. The summed E-state index contributed by atoms with van der Waals surface area (Å²) in [6.45, 7) is 0. The summed E-state index contributed by atoms with van der Waals surface area (Å²) < 4.78 is 10.7. The van der Waals surface area contributed by atoms with Crippen LogP contribution in [0.4, 0.5) is 11.4 Å². The smallest absolute Gasteiger partial charge is 0.139 e. The summed E-state index contributed by atoms with van der Waals surface area (Å²) >= 11 is 14.2. The number of rotatable bonds is 7. The van der Waals surface area contributed by atoms with Gasteiger partial charge in [0.1, 0.15) is 28.2 Å². The summed E-state index contributed by atoms with van der Waals surface area (Å²) in [6, 6.07) is 21.2. The van der Waals surface area contributed by atoms with Crippen LogP contribution in [0.1, 0.15) is 11.1 Å². The van der Waals surface area contributed by atoms with Crippen LogP contribution in [0.25, 0.3) is 10.9 Å². The number of nitrogens with zero attached hydrogens (tertiary/aromatic N) is 2. The normalized spacial score (nSPS) is 10.6. The van der Waals surface area contributed by atoms with E-state index in [1.807, 2.05) is 48.5 Å². The Morgan fingerprint density at radius 3 is 2.48 bits per heavy atom. The minimum atomic E-state index is 0.397. The topological polar surface area (TPSA) is 67.2 Å². The third-order valence-electron chi connectivity index (χ3n) is 4.99. The average Bonchev–Trinajstić information content (AvgIpc) is 2.84. The van der Waals surface area contributed by atoms with E-state index in [0.717, 1.165) is 16.5 Å². The van der Waals surface area contributed by atoms with Gasteiger partial charge in [0.15, 0.2) is 0 Å². The number of hydrogen-bond donors (Lipinski definition) is 1. The highest BCUT2D eigenvalue weighted by Gasteiger charge is 2.19. The number of benzene rings is 3. The van der Waals surface area contributed by atoms with Gasteiger partial charge in [-0.1, -0.05) is 53.5 Å². The maximum Gasteiger partial charge on any atom is 0.139 e. The summed E-state index contributed by atoms with van der Waals surface area (Å²) in [6.07, 6.45) is 0. The monoisotopic (exact) mass is 495 g/mol. The molecule has 1 aromatic heterocycles. The molecule has 5 nitrogen and oxygen atoms in total. The third-order valence-corrected chi connectivity index (χ3v) is 6.64. The SMILES string of the molecule is COc1ccc2nc(SCc3ccccc3)c(C#N)c(Nc3cc(OC)c(Cl)cc3Cl)c2c1. The first-order valence-electron chi connectivity index (χ1n) is 9.92. The van der Waals surface area contributed by atoms with Crippen LogP contribution in [0, 0.1) is 11.3 Å². The second kappa shape index (κ2) is 10.2. The van der Waals surface area contributed by atoms with Gasteiger partial charge in [-0.3, -0.25) is 0 Å². The van der Waals surface area contributed by atoms with Crippen molar-refractivity contribution in [3.05, 3.63) is 81.8 Å². The van der Waals surface area contributed by atoms with Gasteiger partial charge in [0, 0.05) is 17.2 Å². The van der Waals surface area contributed by atoms with Gasteiger partial charge in [-0.15, -0.1) is 11.8 Å². The van der Waals surface area contributed by atoms with Gasteiger partial charge in [0.05, 0.1) is 41.2 Å². The van der Waals surface area contributed by atoms with Crippen molar-refractivity contribution in [2.24, 2.45) is 0 Å². The lowest BCUT2D eigenvalue weighted by Gasteiger charge is -2.17. The van der Waals surface area contributed by atoms with E-state index in [4.69, 9.17) is 37.7 Å². The number of pyridine rings is 1. The van der Waals surface area contributed by atoms with Crippen molar-refractivity contribution in [3.8, 4) is 17.6 Å². The molecule has 4 rings (SSSR count). The number of methoxy groups -OCH3 is 2.